The van der Waals surface area contributed by atoms with Crippen LogP contribution < -0.4 is 5.32 Å². The van der Waals surface area contributed by atoms with Gasteiger partial charge < -0.3 is 10.4 Å². The van der Waals surface area contributed by atoms with Crippen LogP contribution in [0.15, 0.2) is 18.2 Å². The number of aryl methyl sites for hydroxylation is 1. The minimum atomic E-state index is -0.102. The van der Waals surface area contributed by atoms with E-state index in [2.05, 4.69) is 5.32 Å². The van der Waals surface area contributed by atoms with E-state index in [-0.39, 0.29) is 23.1 Å². The Morgan fingerprint density at radius 3 is 2.79 bits per heavy atom. The summed E-state index contributed by atoms with van der Waals surface area (Å²) in [6, 6.07) is 4.83. The van der Waals surface area contributed by atoms with Crippen LogP contribution in [0.4, 0.5) is 0 Å². The van der Waals surface area contributed by atoms with Crippen molar-refractivity contribution in [2.24, 2.45) is 0 Å². The molecule has 3 nitrogen and oxygen atoms in total. The van der Waals surface area contributed by atoms with Crippen LogP contribution in [0.5, 0.6) is 5.75 Å². The van der Waals surface area contributed by atoms with Gasteiger partial charge in [0, 0.05) is 11.6 Å². The smallest absolute Gasteiger partial charge is 0.251 e. The Labute approximate surface area is 119 Å². The number of halogens is 1. The number of phenols is 1. The summed E-state index contributed by atoms with van der Waals surface area (Å²) in [6.45, 7) is 1.82. The second-order valence-corrected chi connectivity index (χ2v) is 5.79. The summed E-state index contributed by atoms with van der Waals surface area (Å²) >= 11 is 6.33. The summed E-state index contributed by atoms with van der Waals surface area (Å²) < 4.78 is 0. The van der Waals surface area contributed by atoms with Crippen molar-refractivity contribution in [3.63, 3.8) is 0 Å². The third-order valence-electron chi connectivity index (χ3n) is 3.70. The second-order valence-electron chi connectivity index (χ2n) is 5.23. The number of nitrogens with one attached hydrogen (secondary N) is 1. The fourth-order valence-electron chi connectivity index (χ4n) is 2.57. The molecule has 0 heterocycles. The first kappa shape index (κ1) is 14.2. The molecule has 1 aromatic rings. The van der Waals surface area contributed by atoms with E-state index in [4.69, 9.17) is 11.6 Å². The number of carbonyl (C=O) groups excluding carboxylic acids is 1. The number of carbonyl (C=O) groups is 1. The van der Waals surface area contributed by atoms with E-state index >= 15 is 0 Å². The zero-order chi connectivity index (χ0) is 13.8. The molecule has 1 aliphatic rings. The molecule has 1 fully saturated rings. The molecule has 19 heavy (non-hydrogen) atoms. The number of alkyl halides is 1. The lowest BCUT2D eigenvalue weighted by Crippen LogP contribution is -2.40. The molecule has 2 rings (SSSR count). The normalized spacial score (nSPS) is 23.7. The highest BCUT2D eigenvalue weighted by atomic mass is 35.5. The maximum atomic E-state index is 12.3. The summed E-state index contributed by atoms with van der Waals surface area (Å²) in [7, 11) is 0. The Kier molecular flexibility index (Phi) is 4.70. The number of phenolic OH excluding ortho intramolecular Hbond substituents is 1. The van der Waals surface area contributed by atoms with E-state index < -0.39 is 0 Å². The molecule has 0 radical (unpaired) electrons. The third kappa shape index (κ3) is 3.63. The van der Waals surface area contributed by atoms with Crippen molar-refractivity contribution in [2.75, 3.05) is 0 Å². The van der Waals surface area contributed by atoms with E-state index in [0.29, 0.717) is 5.56 Å². The molecule has 104 valence electrons. The Hall–Kier alpha value is -1.22. The van der Waals surface area contributed by atoms with E-state index in [1.54, 1.807) is 12.1 Å². The summed E-state index contributed by atoms with van der Waals surface area (Å²) in [5, 5.41) is 12.4. The standard InChI is InChI=1S/C15H20ClNO2/c1-10-9-11(18)7-8-12(10)15(19)17-14-6-4-2-3-5-13(14)16/h7-9,13-14,18H,2-6H2,1H3,(H,17,19). The summed E-state index contributed by atoms with van der Waals surface area (Å²) in [6.07, 6.45) is 5.34. The Balaban J connectivity index is 2.07. The first-order valence-corrected chi connectivity index (χ1v) is 7.26. The molecular formula is C15H20ClNO2. The van der Waals surface area contributed by atoms with Gasteiger partial charge in [-0.3, -0.25) is 4.79 Å². The molecule has 1 amide bonds. The monoisotopic (exact) mass is 281 g/mol. The Bertz CT molecular complexity index is 461. The number of hydrogen-bond acceptors (Lipinski definition) is 2. The molecule has 0 aliphatic heterocycles. The second kappa shape index (κ2) is 6.29. The Morgan fingerprint density at radius 2 is 2.05 bits per heavy atom. The molecule has 4 heteroatoms. The van der Waals surface area contributed by atoms with Gasteiger partial charge in [-0.25, -0.2) is 0 Å². The van der Waals surface area contributed by atoms with Crippen molar-refractivity contribution in [2.45, 2.75) is 50.4 Å². The van der Waals surface area contributed by atoms with E-state index in [1.165, 1.54) is 12.5 Å². The number of aromatic hydroxyl groups is 1. The molecule has 1 saturated carbocycles. The summed E-state index contributed by atoms with van der Waals surface area (Å²) in [5.74, 6) is 0.0776. The highest BCUT2D eigenvalue weighted by molar-refractivity contribution is 6.21. The molecule has 1 aromatic carbocycles. The van der Waals surface area contributed by atoms with Crippen LogP contribution in [0.25, 0.3) is 0 Å². The Morgan fingerprint density at radius 1 is 1.32 bits per heavy atom. The van der Waals surface area contributed by atoms with Crippen LogP contribution in [0.3, 0.4) is 0 Å². The third-order valence-corrected chi connectivity index (χ3v) is 4.23. The van der Waals surface area contributed by atoms with Crippen LogP contribution in [-0.2, 0) is 0 Å². The van der Waals surface area contributed by atoms with Gasteiger partial charge in [0.25, 0.3) is 5.91 Å². The van der Waals surface area contributed by atoms with Crippen LogP contribution >= 0.6 is 11.6 Å². The van der Waals surface area contributed by atoms with Crippen LogP contribution in [0.2, 0.25) is 0 Å². The topological polar surface area (TPSA) is 49.3 Å². The van der Waals surface area contributed by atoms with Gasteiger partial charge in [-0.15, -0.1) is 11.6 Å². The first-order valence-electron chi connectivity index (χ1n) is 6.82. The van der Waals surface area contributed by atoms with Gasteiger partial charge in [-0.1, -0.05) is 19.3 Å². The molecule has 2 unspecified atom stereocenters. The predicted octanol–water partition coefficient (Wildman–Crippen LogP) is 3.37. The molecule has 0 aromatic heterocycles. The maximum absolute atomic E-state index is 12.3. The van der Waals surface area contributed by atoms with Crippen molar-refractivity contribution < 1.29 is 9.90 Å². The predicted molar refractivity (Wildman–Crippen MR) is 76.8 cm³/mol. The lowest BCUT2D eigenvalue weighted by atomic mass is 10.1. The van der Waals surface area contributed by atoms with Crippen molar-refractivity contribution in [3.8, 4) is 5.75 Å². The van der Waals surface area contributed by atoms with E-state index in [0.717, 1.165) is 31.2 Å². The molecule has 0 spiro atoms. The van der Waals surface area contributed by atoms with Gasteiger partial charge in [-0.2, -0.15) is 0 Å². The largest absolute Gasteiger partial charge is 0.508 e. The fourth-order valence-corrected chi connectivity index (χ4v) is 2.92. The quantitative estimate of drug-likeness (QED) is 0.645. The van der Waals surface area contributed by atoms with E-state index in [1.807, 2.05) is 6.92 Å². The molecular weight excluding hydrogens is 262 g/mol. The molecule has 2 atom stereocenters. The highest BCUT2D eigenvalue weighted by Crippen LogP contribution is 2.23. The van der Waals surface area contributed by atoms with Crippen LogP contribution in [0.1, 0.15) is 48.0 Å². The van der Waals surface area contributed by atoms with Gasteiger partial charge in [0.2, 0.25) is 0 Å². The summed E-state index contributed by atoms with van der Waals surface area (Å²) in [5.41, 5.74) is 1.38. The average molecular weight is 282 g/mol. The van der Waals surface area contributed by atoms with Gasteiger partial charge >= 0.3 is 0 Å². The average Bonchev–Trinajstić information content (AvgIpc) is 2.55. The van der Waals surface area contributed by atoms with Crippen molar-refractivity contribution >= 4 is 17.5 Å². The number of amides is 1. The zero-order valence-electron chi connectivity index (χ0n) is 11.2. The van der Waals surface area contributed by atoms with Crippen molar-refractivity contribution in [1.82, 2.24) is 5.32 Å². The number of hydrogen-bond donors (Lipinski definition) is 2. The highest BCUT2D eigenvalue weighted by Gasteiger charge is 2.24. The lowest BCUT2D eigenvalue weighted by Gasteiger charge is -2.21. The number of rotatable bonds is 2. The van der Waals surface area contributed by atoms with Crippen LogP contribution in [-0.4, -0.2) is 22.4 Å². The van der Waals surface area contributed by atoms with Gasteiger partial charge in [0.15, 0.2) is 0 Å². The number of benzene rings is 1. The molecule has 2 N–H and O–H groups in total. The molecule has 1 aliphatic carbocycles. The minimum absolute atomic E-state index is 0.0175. The zero-order valence-corrected chi connectivity index (χ0v) is 11.9. The van der Waals surface area contributed by atoms with Gasteiger partial charge in [0.1, 0.15) is 5.75 Å². The van der Waals surface area contributed by atoms with Gasteiger partial charge in [0.05, 0.1) is 5.38 Å². The molecule has 0 bridgehead atoms. The first-order chi connectivity index (χ1) is 9.08. The SMILES string of the molecule is Cc1cc(O)ccc1C(=O)NC1CCCCCC1Cl. The fraction of sp³-hybridized carbons (Fsp3) is 0.533. The maximum Gasteiger partial charge on any atom is 0.251 e. The molecule has 0 saturated heterocycles. The summed E-state index contributed by atoms with van der Waals surface area (Å²) in [4.78, 5) is 12.3. The van der Waals surface area contributed by atoms with Gasteiger partial charge in [-0.05, 0) is 43.5 Å². The lowest BCUT2D eigenvalue weighted by molar-refractivity contribution is 0.0933. The minimum Gasteiger partial charge on any atom is -0.508 e. The van der Waals surface area contributed by atoms with Crippen LogP contribution in [0, 0.1) is 6.92 Å². The van der Waals surface area contributed by atoms with E-state index in [9.17, 15) is 9.90 Å². The van der Waals surface area contributed by atoms with Crippen molar-refractivity contribution in [3.05, 3.63) is 29.3 Å². The van der Waals surface area contributed by atoms with Crippen molar-refractivity contribution in [1.29, 1.82) is 0 Å².